The van der Waals surface area contributed by atoms with E-state index in [0.29, 0.717) is 25.2 Å². The molecule has 2 atom stereocenters. The van der Waals surface area contributed by atoms with Crippen molar-refractivity contribution in [3.63, 3.8) is 0 Å². The Morgan fingerprint density at radius 1 is 1.16 bits per heavy atom. The molecule has 1 saturated carbocycles. The number of amides is 1. The number of Topliss-reactive ketones (excluding diaryl/α,β-unsaturated/α-hetero) is 1. The predicted molar refractivity (Wildman–Crippen MR) is 70.3 cm³/mol. The van der Waals surface area contributed by atoms with Crippen molar-refractivity contribution in [2.75, 3.05) is 0 Å². The first kappa shape index (κ1) is 11.2. The Bertz CT molecular complexity index is 568. The van der Waals surface area contributed by atoms with E-state index in [1.807, 2.05) is 17.0 Å². The Hall–Kier alpha value is -1.64. The molecule has 0 radical (unpaired) electrons. The minimum atomic E-state index is -0.304. The number of fused-ring (bicyclic) bond motifs is 1. The van der Waals surface area contributed by atoms with Crippen LogP contribution in [0.1, 0.15) is 43.2 Å². The van der Waals surface area contributed by atoms with Crippen molar-refractivity contribution in [3.05, 3.63) is 35.4 Å². The first-order valence-corrected chi connectivity index (χ1v) is 7.15. The number of ketones is 1. The lowest BCUT2D eigenvalue weighted by molar-refractivity contribution is -0.154. The molecule has 1 saturated heterocycles. The van der Waals surface area contributed by atoms with E-state index in [1.54, 1.807) is 0 Å². The second kappa shape index (κ2) is 3.69. The van der Waals surface area contributed by atoms with Crippen molar-refractivity contribution in [2.24, 2.45) is 5.92 Å². The zero-order valence-corrected chi connectivity index (χ0v) is 10.9. The highest BCUT2D eigenvalue weighted by atomic mass is 16.2. The van der Waals surface area contributed by atoms with Gasteiger partial charge in [0.1, 0.15) is 5.78 Å². The second-order valence-corrected chi connectivity index (χ2v) is 5.97. The molecule has 98 valence electrons. The monoisotopic (exact) mass is 255 g/mol. The SMILES string of the molecule is O=C1CCC[C@]23c4ccccc4CN2C(=O)CC[C@H]13. The number of carbonyl (C=O) groups excluding carboxylic acids is 2. The molecule has 1 aromatic carbocycles. The molecule has 0 N–H and O–H groups in total. The van der Waals surface area contributed by atoms with Crippen LogP contribution in [0.4, 0.5) is 0 Å². The Kier molecular flexibility index (Phi) is 2.17. The van der Waals surface area contributed by atoms with Gasteiger partial charge in [0.05, 0.1) is 5.54 Å². The molecule has 1 spiro atoms. The molecule has 1 aromatic rings. The van der Waals surface area contributed by atoms with E-state index in [2.05, 4.69) is 12.1 Å². The van der Waals surface area contributed by atoms with Gasteiger partial charge < -0.3 is 4.90 Å². The van der Waals surface area contributed by atoms with Crippen LogP contribution >= 0.6 is 0 Å². The van der Waals surface area contributed by atoms with Crippen molar-refractivity contribution >= 4 is 11.7 Å². The summed E-state index contributed by atoms with van der Waals surface area (Å²) in [6.45, 7) is 0.693. The van der Waals surface area contributed by atoms with E-state index in [-0.39, 0.29) is 17.4 Å². The summed E-state index contributed by atoms with van der Waals surface area (Å²) in [6.07, 6.45) is 3.82. The van der Waals surface area contributed by atoms with Crippen molar-refractivity contribution in [1.29, 1.82) is 0 Å². The van der Waals surface area contributed by atoms with E-state index in [4.69, 9.17) is 0 Å². The molecule has 2 aliphatic heterocycles. The van der Waals surface area contributed by atoms with Crippen LogP contribution in [0.2, 0.25) is 0 Å². The third-order valence-corrected chi connectivity index (χ3v) is 5.19. The van der Waals surface area contributed by atoms with E-state index < -0.39 is 0 Å². The molecule has 19 heavy (non-hydrogen) atoms. The number of carbonyl (C=O) groups is 2. The minimum Gasteiger partial charge on any atom is -0.328 e. The van der Waals surface area contributed by atoms with Crippen LogP contribution in [0, 0.1) is 5.92 Å². The maximum atomic E-state index is 12.3. The van der Waals surface area contributed by atoms with E-state index >= 15 is 0 Å². The summed E-state index contributed by atoms with van der Waals surface area (Å²) in [5.41, 5.74) is 2.17. The molecule has 2 fully saturated rings. The van der Waals surface area contributed by atoms with Gasteiger partial charge in [-0.05, 0) is 30.4 Å². The van der Waals surface area contributed by atoms with E-state index in [1.165, 1.54) is 11.1 Å². The number of hydrogen-bond donors (Lipinski definition) is 0. The third-order valence-electron chi connectivity index (χ3n) is 5.19. The topological polar surface area (TPSA) is 37.4 Å². The number of piperidine rings is 1. The van der Waals surface area contributed by atoms with Gasteiger partial charge in [0.2, 0.25) is 5.91 Å². The standard InChI is InChI=1S/C16H17NO2/c18-14-6-3-9-16-12-5-2-1-4-11(12)10-17(16)15(19)8-7-13(14)16/h1-2,4-5,13H,3,6-10H2/t13-,16-/m1/s1. The lowest BCUT2D eigenvalue weighted by atomic mass is 9.65. The van der Waals surface area contributed by atoms with Gasteiger partial charge in [0.15, 0.2) is 0 Å². The number of hydrogen-bond acceptors (Lipinski definition) is 2. The molecule has 3 nitrogen and oxygen atoms in total. The first-order valence-electron chi connectivity index (χ1n) is 7.15. The summed E-state index contributed by atoms with van der Waals surface area (Å²) in [5, 5.41) is 0. The molecule has 3 heteroatoms. The van der Waals surface area contributed by atoms with E-state index in [0.717, 1.165) is 19.3 Å². The fraction of sp³-hybridized carbons (Fsp3) is 0.500. The fourth-order valence-electron chi connectivity index (χ4n) is 4.44. The predicted octanol–water partition coefficient (Wildman–Crippen LogP) is 2.39. The lowest BCUT2D eigenvalue weighted by Crippen LogP contribution is -2.57. The van der Waals surface area contributed by atoms with Crippen LogP contribution < -0.4 is 0 Å². The highest BCUT2D eigenvalue weighted by Crippen LogP contribution is 2.54. The number of rotatable bonds is 0. The van der Waals surface area contributed by atoms with Gasteiger partial charge in [-0.15, -0.1) is 0 Å². The smallest absolute Gasteiger partial charge is 0.223 e. The summed E-state index contributed by atoms with van der Waals surface area (Å²) >= 11 is 0. The normalized spacial score (nSPS) is 32.8. The minimum absolute atomic E-state index is 0.0302. The summed E-state index contributed by atoms with van der Waals surface area (Å²) in [6, 6.07) is 8.29. The number of nitrogens with zero attached hydrogens (tertiary/aromatic N) is 1. The average Bonchev–Trinajstić information content (AvgIpc) is 2.75. The Balaban J connectivity index is 1.94. The van der Waals surface area contributed by atoms with Gasteiger partial charge in [-0.25, -0.2) is 0 Å². The highest BCUT2D eigenvalue weighted by Gasteiger charge is 2.57. The van der Waals surface area contributed by atoms with Crippen LogP contribution in [-0.2, 0) is 21.7 Å². The summed E-state index contributed by atoms with van der Waals surface area (Å²) < 4.78 is 0. The van der Waals surface area contributed by atoms with Gasteiger partial charge >= 0.3 is 0 Å². The maximum absolute atomic E-state index is 12.3. The fourth-order valence-corrected chi connectivity index (χ4v) is 4.44. The average molecular weight is 255 g/mol. The van der Waals surface area contributed by atoms with Gasteiger partial charge in [0, 0.05) is 25.3 Å². The first-order chi connectivity index (χ1) is 9.23. The molecule has 1 aliphatic carbocycles. The van der Waals surface area contributed by atoms with Crippen LogP contribution in [-0.4, -0.2) is 16.6 Å². The third kappa shape index (κ3) is 1.28. The molecule has 4 rings (SSSR count). The summed E-state index contributed by atoms with van der Waals surface area (Å²) in [4.78, 5) is 26.7. The highest BCUT2D eigenvalue weighted by molar-refractivity contribution is 5.89. The van der Waals surface area contributed by atoms with Gasteiger partial charge in [-0.3, -0.25) is 9.59 Å². The summed E-state index contributed by atoms with van der Waals surface area (Å²) in [5.74, 6) is 0.616. The Morgan fingerprint density at radius 3 is 2.89 bits per heavy atom. The van der Waals surface area contributed by atoms with Crippen LogP contribution in [0.5, 0.6) is 0 Å². The Morgan fingerprint density at radius 2 is 2.00 bits per heavy atom. The summed E-state index contributed by atoms with van der Waals surface area (Å²) in [7, 11) is 0. The molecular weight excluding hydrogens is 238 g/mol. The van der Waals surface area contributed by atoms with Gasteiger partial charge in [-0.2, -0.15) is 0 Å². The molecule has 0 aromatic heterocycles. The molecule has 2 heterocycles. The largest absolute Gasteiger partial charge is 0.328 e. The van der Waals surface area contributed by atoms with Crippen LogP contribution in [0.25, 0.3) is 0 Å². The molecule has 0 unspecified atom stereocenters. The molecule has 0 bridgehead atoms. The molecular formula is C16H17NO2. The van der Waals surface area contributed by atoms with E-state index in [9.17, 15) is 9.59 Å². The van der Waals surface area contributed by atoms with Crippen molar-refractivity contribution in [1.82, 2.24) is 4.90 Å². The Labute approximate surface area is 112 Å². The molecule has 1 amide bonds. The maximum Gasteiger partial charge on any atom is 0.223 e. The number of benzene rings is 1. The quantitative estimate of drug-likeness (QED) is 0.714. The second-order valence-electron chi connectivity index (χ2n) is 5.97. The van der Waals surface area contributed by atoms with Gasteiger partial charge in [-0.1, -0.05) is 24.3 Å². The van der Waals surface area contributed by atoms with Gasteiger partial charge in [0.25, 0.3) is 0 Å². The van der Waals surface area contributed by atoms with Crippen molar-refractivity contribution in [2.45, 2.75) is 44.2 Å². The lowest BCUT2D eigenvalue weighted by Gasteiger charge is -2.50. The zero-order chi connectivity index (χ0) is 13.0. The van der Waals surface area contributed by atoms with Crippen molar-refractivity contribution in [3.8, 4) is 0 Å². The van der Waals surface area contributed by atoms with Crippen molar-refractivity contribution < 1.29 is 9.59 Å². The molecule has 3 aliphatic rings. The zero-order valence-electron chi connectivity index (χ0n) is 10.9. The van der Waals surface area contributed by atoms with Crippen LogP contribution in [0.15, 0.2) is 24.3 Å². The van der Waals surface area contributed by atoms with Crippen LogP contribution in [0.3, 0.4) is 0 Å².